The van der Waals surface area contributed by atoms with Gasteiger partial charge in [0.25, 0.3) is 0 Å². The van der Waals surface area contributed by atoms with Gasteiger partial charge < -0.3 is 4.90 Å². The smallest absolute Gasteiger partial charge is 0.127 e. The monoisotopic (exact) mass is 230 g/mol. The van der Waals surface area contributed by atoms with Crippen molar-refractivity contribution in [2.45, 2.75) is 57.0 Å². The van der Waals surface area contributed by atoms with Crippen LogP contribution in [0.1, 0.15) is 45.4 Å². The maximum Gasteiger partial charge on any atom is 0.127 e. The maximum atomic E-state index is 5.03. The summed E-state index contributed by atoms with van der Waals surface area (Å²) < 4.78 is 0. The van der Waals surface area contributed by atoms with Crippen molar-refractivity contribution in [2.75, 3.05) is 7.05 Å². The van der Waals surface area contributed by atoms with Gasteiger partial charge in [0, 0.05) is 7.05 Å². The minimum atomic E-state index is 0.0284. The van der Waals surface area contributed by atoms with E-state index in [1.165, 1.54) is 49.9 Å². The Morgan fingerprint density at radius 3 is 2.94 bits per heavy atom. The van der Waals surface area contributed by atoms with Crippen LogP contribution in [0.15, 0.2) is 28.8 Å². The van der Waals surface area contributed by atoms with Crippen LogP contribution in [-0.4, -0.2) is 29.4 Å². The molecule has 0 bridgehead atoms. The molecule has 2 atom stereocenters. The molecule has 0 amide bonds. The zero-order valence-corrected chi connectivity index (χ0v) is 10.9. The molecule has 3 aliphatic rings. The van der Waals surface area contributed by atoms with Gasteiger partial charge in [-0.05, 0) is 51.0 Å². The van der Waals surface area contributed by atoms with E-state index in [2.05, 4.69) is 37.1 Å². The van der Waals surface area contributed by atoms with E-state index in [9.17, 15) is 0 Å². The van der Waals surface area contributed by atoms with Crippen molar-refractivity contribution in [3.8, 4) is 0 Å². The first kappa shape index (κ1) is 11.1. The second-order valence-corrected chi connectivity index (χ2v) is 5.74. The molecular formula is C15H22N2. The summed E-state index contributed by atoms with van der Waals surface area (Å²) in [7, 11) is 2.23. The Bertz CT molecular complexity index is 405. The van der Waals surface area contributed by atoms with E-state index < -0.39 is 0 Å². The standard InChI is InChI=1S/C15H22N2/c1-15-11-7-6-10-13(15)17(2)14(16-15)12-8-4-3-5-9-12/h7-8,11,13H,3-6,9-10H2,1-2H3/t13?,15-/m1/s1. The number of nitrogens with zero attached hydrogens (tertiary/aromatic N) is 2. The normalized spacial score (nSPS) is 36.6. The molecule has 92 valence electrons. The first-order valence-corrected chi connectivity index (χ1v) is 6.90. The van der Waals surface area contributed by atoms with Gasteiger partial charge in [-0.25, -0.2) is 0 Å². The molecule has 0 aromatic heterocycles. The van der Waals surface area contributed by atoms with Gasteiger partial charge in [-0.2, -0.15) is 0 Å². The van der Waals surface area contributed by atoms with E-state index in [1.54, 1.807) is 0 Å². The number of hydrogen-bond acceptors (Lipinski definition) is 2. The summed E-state index contributed by atoms with van der Waals surface area (Å²) in [6.45, 7) is 2.28. The van der Waals surface area contributed by atoms with Crippen molar-refractivity contribution in [1.29, 1.82) is 0 Å². The lowest BCUT2D eigenvalue weighted by Crippen LogP contribution is -2.43. The molecule has 0 N–H and O–H groups in total. The molecule has 0 saturated heterocycles. The Hall–Kier alpha value is -1.05. The first-order chi connectivity index (χ1) is 8.21. The number of amidine groups is 1. The van der Waals surface area contributed by atoms with Crippen molar-refractivity contribution in [2.24, 2.45) is 4.99 Å². The molecule has 0 radical (unpaired) electrons. The zero-order chi connectivity index (χ0) is 11.9. The molecule has 17 heavy (non-hydrogen) atoms. The average molecular weight is 230 g/mol. The maximum absolute atomic E-state index is 5.03. The van der Waals surface area contributed by atoms with E-state index in [-0.39, 0.29) is 5.54 Å². The predicted octanol–water partition coefficient (Wildman–Crippen LogP) is 3.31. The number of hydrogen-bond donors (Lipinski definition) is 0. The summed E-state index contributed by atoms with van der Waals surface area (Å²) in [6.07, 6.45) is 14.6. The molecular weight excluding hydrogens is 208 g/mol. The fourth-order valence-corrected chi connectivity index (χ4v) is 3.47. The Kier molecular flexibility index (Phi) is 2.61. The SMILES string of the molecule is CN1C(C2=CCCCC2)=N[C@]2(C)C=CCCC12. The van der Waals surface area contributed by atoms with Gasteiger partial charge in [-0.3, -0.25) is 4.99 Å². The number of rotatable bonds is 1. The highest BCUT2D eigenvalue weighted by Crippen LogP contribution is 2.37. The molecule has 3 rings (SSSR count). The zero-order valence-electron chi connectivity index (χ0n) is 10.9. The average Bonchev–Trinajstić information content (AvgIpc) is 2.63. The van der Waals surface area contributed by atoms with Gasteiger partial charge >= 0.3 is 0 Å². The molecule has 0 aromatic carbocycles. The lowest BCUT2D eigenvalue weighted by molar-refractivity contribution is 0.286. The van der Waals surface area contributed by atoms with E-state index >= 15 is 0 Å². The highest BCUT2D eigenvalue weighted by molar-refractivity contribution is 6.00. The number of allylic oxidation sites excluding steroid dienone is 2. The predicted molar refractivity (Wildman–Crippen MR) is 72.3 cm³/mol. The molecule has 0 aromatic rings. The lowest BCUT2D eigenvalue weighted by Gasteiger charge is -2.34. The van der Waals surface area contributed by atoms with Gasteiger partial charge in [0.15, 0.2) is 0 Å². The summed E-state index contributed by atoms with van der Waals surface area (Å²) in [5.41, 5.74) is 1.52. The summed E-state index contributed by atoms with van der Waals surface area (Å²) in [4.78, 5) is 7.47. The summed E-state index contributed by atoms with van der Waals surface area (Å²) in [5.74, 6) is 1.27. The molecule has 2 nitrogen and oxygen atoms in total. The Balaban J connectivity index is 1.94. The van der Waals surface area contributed by atoms with Crippen molar-refractivity contribution in [1.82, 2.24) is 4.90 Å². The third-order valence-corrected chi connectivity index (χ3v) is 4.46. The van der Waals surface area contributed by atoms with E-state index in [0.717, 1.165) is 0 Å². The fraction of sp³-hybridized carbons (Fsp3) is 0.667. The van der Waals surface area contributed by atoms with E-state index in [4.69, 9.17) is 4.99 Å². The van der Waals surface area contributed by atoms with Crippen LogP contribution < -0.4 is 0 Å². The van der Waals surface area contributed by atoms with Crippen molar-refractivity contribution in [3.63, 3.8) is 0 Å². The second kappa shape index (κ2) is 4.01. The molecule has 1 heterocycles. The molecule has 2 aliphatic carbocycles. The van der Waals surface area contributed by atoms with Crippen LogP contribution in [0.2, 0.25) is 0 Å². The summed E-state index contributed by atoms with van der Waals surface area (Å²) in [5, 5.41) is 0. The second-order valence-electron chi connectivity index (χ2n) is 5.74. The van der Waals surface area contributed by atoms with Crippen LogP contribution in [0.3, 0.4) is 0 Å². The van der Waals surface area contributed by atoms with Gasteiger partial charge in [-0.15, -0.1) is 0 Å². The van der Waals surface area contributed by atoms with Crippen LogP contribution in [-0.2, 0) is 0 Å². The topological polar surface area (TPSA) is 15.6 Å². The van der Waals surface area contributed by atoms with Gasteiger partial charge in [0.2, 0.25) is 0 Å². The highest BCUT2D eigenvalue weighted by atomic mass is 15.3. The lowest BCUT2D eigenvalue weighted by atomic mass is 9.85. The van der Waals surface area contributed by atoms with Crippen LogP contribution >= 0.6 is 0 Å². The largest absolute Gasteiger partial charge is 0.354 e. The fourth-order valence-electron chi connectivity index (χ4n) is 3.47. The summed E-state index contributed by atoms with van der Waals surface area (Å²) >= 11 is 0. The van der Waals surface area contributed by atoms with Crippen molar-refractivity contribution < 1.29 is 0 Å². The first-order valence-electron chi connectivity index (χ1n) is 6.90. The van der Waals surface area contributed by atoms with Gasteiger partial charge in [-0.1, -0.05) is 18.2 Å². The molecule has 1 aliphatic heterocycles. The van der Waals surface area contributed by atoms with Crippen LogP contribution in [0.25, 0.3) is 0 Å². The summed E-state index contributed by atoms with van der Waals surface area (Å²) in [6, 6.07) is 0.574. The molecule has 1 unspecified atom stereocenters. The molecule has 0 spiro atoms. The minimum absolute atomic E-state index is 0.0284. The number of fused-ring (bicyclic) bond motifs is 1. The molecule has 0 fully saturated rings. The minimum Gasteiger partial charge on any atom is -0.354 e. The molecule has 2 heteroatoms. The van der Waals surface area contributed by atoms with Crippen LogP contribution in [0, 0.1) is 0 Å². The van der Waals surface area contributed by atoms with Crippen LogP contribution in [0.5, 0.6) is 0 Å². The van der Waals surface area contributed by atoms with Gasteiger partial charge in [0.1, 0.15) is 5.84 Å². The number of likely N-dealkylation sites (N-methyl/N-ethyl adjacent to an activating group) is 1. The Labute approximate surface area is 104 Å². The van der Waals surface area contributed by atoms with E-state index in [0.29, 0.717) is 6.04 Å². The number of aliphatic imine (C=N–C) groups is 1. The third-order valence-electron chi connectivity index (χ3n) is 4.46. The Morgan fingerprint density at radius 1 is 1.35 bits per heavy atom. The van der Waals surface area contributed by atoms with Crippen LogP contribution in [0.4, 0.5) is 0 Å². The highest BCUT2D eigenvalue weighted by Gasteiger charge is 2.43. The van der Waals surface area contributed by atoms with Crippen molar-refractivity contribution in [3.05, 3.63) is 23.8 Å². The third kappa shape index (κ3) is 1.74. The Morgan fingerprint density at radius 2 is 2.24 bits per heavy atom. The van der Waals surface area contributed by atoms with E-state index in [1.807, 2.05) is 0 Å². The quantitative estimate of drug-likeness (QED) is 0.631. The van der Waals surface area contributed by atoms with Crippen molar-refractivity contribution >= 4 is 5.84 Å². The van der Waals surface area contributed by atoms with Gasteiger partial charge in [0.05, 0.1) is 11.6 Å². The molecule has 0 saturated carbocycles.